The normalized spacial score (nSPS) is 17.0. The number of benzene rings is 9. The maximum Gasteiger partial charge on any atom is 0.0652 e. The smallest absolute Gasteiger partial charge is 0.0652 e. The highest BCUT2D eigenvalue weighted by molar-refractivity contribution is 6.14. The number of rotatable bonds is 5. The molecule has 3 heterocycles. The Morgan fingerprint density at radius 3 is 1.37 bits per heavy atom. The van der Waals surface area contributed by atoms with Crippen LogP contribution in [0.15, 0.2) is 212 Å². The van der Waals surface area contributed by atoms with Crippen LogP contribution in [0.2, 0.25) is 0 Å². The minimum atomic E-state index is -0.869. The van der Waals surface area contributed by atoms with Gasteiger partial charge >= 0.3 is 0 Å². The van der Waals surface area contributed by atoms with E-state index in [2.05, 4.69) is 0 Å². The lowest BCUT2D eigenvalue weighted by Gasteiger charge is -2.11. The van der Waals surface area contributed by atoms with Crippen molar-refractivity contribution in [3.05, 3.63) is 212 Å². The van der Waals surface area contributed by atoms with Gasteiger partial charge in [-0.25, -0.2) is 0 Å². The molecule has 0 atom stereocenters. The molecule has 12 rings (SSSR count). The molecule has 0 fully saturated rings. The van der Waals surface area contributed by atoms with E-state index in [1.807, 2.05) is 30.3 Å². The summed E-state index contributed by atoms with van der Waals surface area (Å²) in [5.74, 6) is 0. The summed E-state index contributed by atoms with van der Waals surface area (Å²) in [5.41, 5.74) is -1.25. The van der Waals surface area contributed by atoms with Crippen LogP contribution in [0.4, 0.5) is 0 Å². The summed E-state index contributed by atoms with van der Waals surface area (Å²) < 4.78 is 199. The second-order valence-electron chi connectivity index (χ2n) is 13.3. The maximum absolute atomic E-state index is 10.0. The molecule has 0 bridgehead atoms. The minimum Gasteiger partial charge on any atom is -0.309 e. The van der Waals surface area contributed by atoms with Crippen molar-refractivity contribution in [3.8, 4) is 39.3 Å². The summed E-state index contributed by atoms with van der Waals surface area (Å²) in [4.78, 5) is 0. The van der Waals surface area contributed by atoms with Gasteiger partial charge in [0.1, 0.15) is 0 Å². The first-order valence-corrected chi connectivity index (χ1v) is 17.9. The summed E-state index contributed by atoms with van der Waals surface area (Å²) in [7, 11) is 0. The molecule has 0 saturated heterocycles. The van der Waals surface area contributed by atoms with E-state index in [-0.39, 0.29) is 49.3 Å². The van der Waals surface area contributed by atoms with Crippen molar-refractivity contribution in [2.45, 2.75) is 0 Å². The zero-order chi connectivity index (χ0) is 55.7. The van der Waals surface area contributed by atoms with Crippen LogP contribution in [-0.4, -0.2) is 13.7 Å². The third-order valence-corrected chi connectivity index (χ3v) is 10.2. The molecule has 0 aliphatic heterocycles. The van der Waals surface area contributed by atoms with E-state index in [0.29, 0.717) is 5.69 Å². The number of nitrogens with zero attached hydrogens (tertiary/aromatic N) is 3. The number of hydrogen-bond donors (Lipinski definition) is 0. The highest BCUT2D eigenvalue weighted by Gasteiger charge is 2.18. The van der Waals surface area contributed by atoms with Crippen molar-refractivity contribution in [1.29, 1.82) is 0 Å². The molecule has 57 heavy (non-hydrogen) atoms. The molecule has 3 nitrogen and oxygen atoms in total. The van der Waals surface area contributed by atoms with Gasteiger partial charge in [0.15, 0.2) is 0 Å². The van der Waals surface area contributed by atoms with Gasteiger partial charge in [-0.2, -0.15) is 0 Å². The molecular weight excluding hydrogens is 691 g/mol. The second kappa shape index (κ2) is 12.5. The SMILES string of the molecule is [2H]c1c([2H])c([2H])c2c(c1[2H])c1c([2H])c(-n3c4c([2H])c([2H])c([2H])c([2H])c4c4c([2H])c(-c5c([2H])c([2H])c6c7c([2H])c([2H])c([2H])c([2H])c7n(-c7ccc(-c8ccccc8)cc7)c6c5[2H])c([2H])c([2H])c43)c([2H])c([2H])c1n2-c1ccccc1. The van der Waals surface area contributed by atoms with Crippen LogP contribution in [0.25, 0.3) is 105 Å². The molecule has 0 aliphatic carbocycles. The summed E-state index contributed by atoms with van der Waals surface area (Å²) in [5, 5.41) is -1.78. The Hall–Kier alpha value is -7.62. The molecule has 0 aliphatic rings. The van der Waals surface area contributed by atoms with Gasteiger partial charge in [0.05, 0.1) is 61.9 Å². The van der Waals surface area contributed by atoms with Gasteiger partial charge in [-0.3, -0.25) is 0 Å². The zero-order valence-electron chi connectivity index (χ0n) is 50.4. The fourth-order valence-electron chi connectivity index (χ4n) is 7.64. The lowest BCUT2D eigenvalue weighted by Crippen LogP contribution is -1.95. The number of aromatic nitrogens is 3. The van der Waals surface area contributed by atoms with E-state index in [1.54, 1.807) is 54.6 Å². The number of para-hydroxylation sites is 4. The number of fused-ring (bicyclic) bond motifs is 9. The van der Waals surface area contributed by atoms with Crippen molar-refractivity contribution in [2.75, 3.05) is 0 Å². The molecule has 0 unspecified atom stereocenters. The first kappa shape index (κ1) is 17.5. The largest absolute Gasteiger partial charge is 0.309 e. The van der Waals surface area contributed by atoms with Crippen molar-refractivity contribution in [1.82, 2.24) is 13.7 Å². The Labute approximate surface area is 359 Å². The van der Waals surface area contributed by atoms with E-state index >= 15 is 0 Å². The highest BCUT2D eigenvalue weighted by Crippen LogP contribution is 2.40. The van der Waals surface area contributed by atoms with E-state index in [4.69, 9.17) is 13.7 Å². The first-order valence-electron chi connectivity index (χ1n) is 28.4. The Morgan fingerprint density at radius 1 is 0.263 bits per heavy atom. The minimum absolute atomic E-state index is 0.137. The molecule has 0 saturated carbocycles. The lowest BCUT2D eigenvalue weighted by molar-refractivity contribution is 1.17. The molecule has 266 valence electrons. The van der Waals surface area contributed by atoms with Crippen molar-refractivity contribution >= 4 is 65.4 Å². The van der Waals surface area contributed by atoms with E-state index in [1.165, 1.54) is 9.13 Å². The van der Waals surface area contributed by atoms with Crippen LogP contribution in [0.1, 0.15) is 28.8 Å². The van der Waals surface area contributed by atoms with Crippen LogP contribution < -0.4 is 0 Å². The summed E-state index contributed by atoms with van der Waals surface area (Å²) in [6.07, 6.45) is 0. The molecule has 3 aromatic heterocycles. The van der Waals surface area contributed by atoms with E-state index < -0.39 is 166 Å². The average Bonchev–Trinajstić information content (AvgIpc) is 3.78. The van der Waals surface area contributed by atoms with Crippen LogP contribution in [0.3, 0.4) is 0 Å². The zero-order valence-corrected chi connectivity index (χ0v) is 29.4. The molecule has 12 aromatic rings. The first-order chi connectivity index (χ1) is 37.1. The van der Waals surface area contributed by atoms with Gasteiger partial charge in [-0.05, 0) is 101 Å². The van der Waals surface area contributed by atoms with Crippen LogP contribution >= 0.6 is 0 Å². The van der Waals surface area contributed by atoms with Crippen LogP contribution in [0.5, 0.6) is 0 Å². The van der Waals surface area contributed by atoms with E-state index in [0.717, 1.165) is 15.7 Å². The number of hydrogen-bond acceptors (Lipinski definition) is 0. The van der Waals surface area contributed by atoms with Gasteiger partial charge < -0.3 is 13.7 Å². The monoisotopic (exact) mass is 746 g/mol. The lowest BCUT2D eigenvalue weighted by atomic mass is 10.0. The van der Waals surface area contributed by atoms with E-state index in [9.17, 15) is 15.1 Å². The van der Waals surface area contributed by atoms with Gasteiger partial charge in [-0.15, -0.1) is 0 Å². The fraction of sp³-hybridized carbons (Fsp3) is 0. The Bertz CT molecular complexity index is 4720. The Morgan fingerprint density at radius 2 is 0.702 bits per heavy atom. The third kappa shape index (κ3) is 4.86. The molecule has 0 spiro atoms. The van der Waals surface area contributed by atoms with Gasteiger partial charge in [0.25, 0.3) is 0 Å². The molecular formula is C54H35N3. The quantitative estimate of drug-likeness (QED) is 0.167. The standard InChI is InChI=1S/C54H35N3/c1-3-13-36(14-4-1)37-23-27-41(28-24-37)56-49-20-10-7-17-43(49)46-30-25-39(34-54(46)56)38-26-31-52-47(33-38)44-18-8-12-22-51(44)57(52)42-29-32-53-48(35-42)45-19-9-11-21-50(45)55(53)40-15-5-2-6-16-40/h1-35H/i7D,8D,9D,10D,11D,12D,17D,18D,19D,20D,21D,22D,25D,26D,29D,30D,31D,32D,33D,34D,35D. The van der Waals surface area contributed by atoms with Crippen LogP contribution in [-0.2, 0) is 0 Å². The topological polar surface area (TPSA) is 14.8 Å². The predicted octanol–water partition coefficient (Wildman–Crippen LogP) is 14.3. The molecule has 3 heteroatoms. The average molecular weight is 747 g/mol. The van der Waals surface area contributed by atoms with Gasteiger partial charge in [0.2, 0.25) is 0 Å². The molecule has 0 N–H and O–H groups in total. The van der Waals surface area contributed by atoms with Crippen molar-refractivity contribution < 1.29 is 28.8 Å². The van der Waals surface area contributed by atoms with Crippen molar-refractivity contribution in [2.24, 2.45) is 0 Å². The van der Waals surface area contributed by atoms with Gasteiger partial charge in [0, 0.05) is 49.4 Å². The summed E-state index contributed by atoms with van der Waals surface area (Å²) >= 11 is 0. The fourth-order valence-corrected chi connectivity index (χ4v) is 7.64. The molecule has 0 radical (unpaired) electrons. The maximum atomic E-state index is 10.0. The molecule has 9 aromatic carbocycles. The highest BCUT2D eigenvalue weighted by atomic mass is 15.0. The Kier molecular flexibility index (Phi) is 3.81. The summed E-state index contributed by atoms with van der Waals surface area (Å²) in [6, 6.07) is 9.80. The third-order valence-electron chi connectivity index (χ3n) is 10.2. The van der Waals surface area contributed by atoms with Gasteiger partial charge in [-0.1, -0.05) is 133 Å². The Balaban J connectivity index is 1.24. The second-order valence-corrected chi connectivity index (χ2v) is 13.3. The van der Waals surface area contributed by atoms with Crippen molar-refractivity contribution in [3.63, 3.8) is 0 Å². The summed E-state index contributed by atoms with van der Waals surface area (Å²) in [6.45, 7) is 0. The van der Waals surface area contributed by atoms with Crippen LogP contribution in [0, 0.1) is 0 Å². The predicted molar refractivity (Wildman–Crippen MR) is 240 cm³/mol. The molecule has 0 amide bonds.